The molecule has 2 aromatic rings. The molecule has 0 unspecified atom stereocenters. The van der Waals surface area contributed by atoms with Crippen molar-refractivity contribution in [2.24, 2.45) is 0 Å². The number of rotatable bonds is 10. The quantitative estimate of drug-likeness (QED) is 0.606. The predicted octanol–water partition coefficient (Wildman–Crippen LogP) is 5.04. The molecule has 0 aliphatic carbocycles. The first kappa shape index (κ1) is 18.6. The summed E-state index contributed by atoms with van der Waals surface area (Å²) in [6.45, 7) is 5.21. The van der Waals surface area contributed by atoms with Crippen LogP contribution in [0.5, 0.6) is 11.5 Å². The summed E-state index contributed by atoms with van der Waals surface area (Å²) in [6.07, 6.45) is 4.72. The van der Waals surface area contributed by atoms with Crippen LogP contribution in [0.3, 0.4) is 0 Å². The van der Waals surface area contributed by atoms with E-state index in [-0.39, 0.29) is 6.10 Å². The van der Waals surface area contributed by atoms with E-state index in [1.807, 2.05) is 24.3 Å². The molecule has 0 spiro atoms. The molecule has 1 fully saturated rings. The van der Waals surface area contributed by atoms with Gasteiger partial charge < -0.3 is 19.5 Å². The zero-order chi connectivity index (χ0) is 18.0. The maximum Gasteiger partial charge on any atom is 0.121 e. The highest BCUT2D eigenvalue weighted by Crippen LogP contribution is 2.20. The smallest absolute Gasteiger partial charge is 0.121 e. The zero-order valence-electron chi connectivity index (χ0n) is 15.6. The van der Waals surface area contributed by atoms with Gasteiger partial charge in [-0.1, -0.05) is 31.5 Å². The minimum atomic E-state index is 0.253. The van der Waals surface area contributed by atoms with E-state index in [1.165, 1.54) is 5.56 Å². The highest BCUT2D eigenvalue weighted by Gasteiger charge is 2.15. The molecule has 4 nitrogen and oxygen atoms in total. The molecule has 1 heterocycles. The molecule has 1 aliphatic rings. The van der Waals surface area contributed by atoms with Gasteiger partial charge in [0.05, 0.1) is 12.7 Å². The van der Waals surface area contributed by atoms with E-state index in [1.54, 1.807) is 0 Å². The minimum Gasteiger partial charge on any atom is -0.494 e. The molecule has 0 aromatic heterocycles. The lowest BCUT2D eigenvalue weighted by atomic mass is 10.2. The molecule has 26 heavy (non-hydrogen) atoms. The van der Waals surface area contributed by atoms with Crippen LogP contribution in [0.2, 0.25) is 0 Å². The number of benzene rings is 2. The summed E-state index contributed by atoms with van der Waals surface area (Å²) in [4.78, 5) is 0. The van der Waals surface area contributed by atoms with Crippen molar-refractivity contribution < 1.29 is 14.2 Å². The zero-order valence-corrected chi connectivity index (χ0v) is 15.6. The summed E-state index contributed by atoms with van der Waals surface area (Å²) in [5.74, 6) is 1.82. The third-order valence-corrected chi connectivity index (χ3v) is 4.48. The van der Waals surface area contributed by atoms with Gasteiger partial charge in [-0.3, -0.25) is 0 Å². The average Bonchev–Trinajstić information content (AvgIpc) is 3.20. The van der Waals surface area contributed by atoms with Crippen molar-refractivity contribution in [3.05, 3.63) is 54.1 Å². The lowest BCUT2D eigenvalue weighted by Gasteiger charge is -2.12. The van der Waals surface area contributed by atoms with Crippen LogP contribution in [-0.2, 0) is 11.3 Å². The lowest BCUT2D eigenvalue weighted by molar-refractivity contribution is 0.0679. The van der Waals surface area contributed by atoms with E-state index in [0.29, 0.717) is 6.61 Å². The molecule has 3 rings (SSSR count). The number of anilines is 1. The van der Waals surface area contributed by atoms with Crippen molar-refractivity contribution >= 4 is 5.69 Å². The van der Waals surface area contributed by atoms with Crippen molar-refractivity contribution in [2.75, 3.05) is 25.1 Å². The molecule has 1 aliphatic heterocycles. The normalized spacial score (nSPS) is 16.4. The fourth-order valence-electron chi connectivity index (χ4n) is 2.90. The molecule has 0 radical (unpaired) electrons. The Morgan fingerprint density at radius 2 is 1.96 bits per heavy atom. The lowest BCUT2D eigenvalue weighted by Crippen LogP contribution is -2.16. The second-order valence-electron chi connectivity index (χ2n) is 6.67. The van der Waals surface area contributed by atoms with Gasteiger partial charge in [-0.2, -0.15) is 0 Å². The van der Waals surface area contributed by atoms with E-state index in [0.717, 1.165) is 62.6 Å². The Hall–Kier alpha value is -2.20. The van der Waals surface area contributed by atoms with Crippen LogP contribution in [0, 0.1) is 0 Å². The maximum absolute atomic E-state index is 5.81. The van der Waals surface area contributed by atoms with Crippen LogP contribution in [0.15, 0.2) is 48.5 Å². The third-order valence-electron chi connectivity index (χ3n) is 4.48. The molecule has 140 valence electrons. The topological polar surface area (TPSA) is 39.7 Å². The molecular formula is C22H29NO3. The number of unbranched alkanes of at least 4 members (excludes halogenated alkanes) is 1. The van der Waals surface area contributed by atoms with Gasteiger partial charge in [-0.25, -0.2) is 0 Å². The van der Waals surface area contributed by atoms with E-state index in [2.05, 4.69) is 36.5 Å². The fourth-order valence-corrected chi connectivity index (χ4v) is 2.90. The van der Waals surface area contributed by atoms with Gasteiger partial charge in [-0.05, 0) is 49.1 Å². The van der Waals surface area contributed by atoms with Crippen molar-refractivity contribution in [1.29, 1.82) is 0 Å². The molecule has 0 amide bonds. The number of hydrogen-bond acceptors (Lipinski definition) is 4. The van der Waals surface area contributed by atoms with Gasteiger partial charge in [0.25, 0.3) is 0 Å². The summed E-state index contributed by atoms with van der Waals surface area (Å²) < 4.78 is 17.1. The monoisotopic (exact) mass is 355 g/mol. The Balaban J connectivity index is 1.44. The van der Waals surface area contributed by atoms with Gasteiger partial charge >= 0.3 is 0 Å². The highest BCUT2D eigenvalue weighted by atomic mass is 16.5. The van der Waals surface area contributed by atoms with Crippen molar-refractivity contribution in [2.45, 2.75) is 45.3 Å². The van der Waals surface area contributed by atoms with Gasteiger partial charge in [0, 0.05) is 24.9 Å². The molecular weight excluding hydrogens is 326 g/mol. The summed E-state index contributed by atoms with van der Waals surface area (Å²) in [5, 5.41) is 3.45. The minimum absolute atomic E-state index is 0.253. The van der Waals surface area contributed by atoms with E-state index < -0.39 is 0 Å². The SMILES string of the molecule is CCCCOc1cccc(NCc2ccc(OC[C@@H]3CCCO3)cc2)c1. The predicted molar refractivity (Wildman–Crippen MR) is 105 cm³/mol. The van der Waals surface area contributed by atoms with Crippen LogP contribution in [-0.4, -0.2) is 25.9 Å². The van der Waals surface area contributed by atoms with Crippen molar-refractivity contribution in [3.8, 4) is 11.5 Å². The van der Waals surface area contributed by atoms with Crippen LogP contribution in [0.1, 0.15) is 38.2 Å². The largest absolute Gasteiger partial charge is 0.494 e. The molecule has 0 bridgehead atoms. The van der Waals surface area contributed by atoms with Crippen LogP contribution >= 0.6 is 0 Å². The second-order valence-corrected chi connectivity index (χ2v) is 6.67. The first-order chi connectivity index (χ1) is 12.8. The molecule has 2 aromatic carbocycles. The standard InChI is InChI=1S/C22H29NO3/c1-2-3-13-24-21-7-4-6-19(15-21)23-16-18-9-11-20(12-10-18)26-17-22-8-5-14-25-22/h4,6-7,9-12,15,22-23H,2-3,5,8,13-14,16-17H2,1H3/t22-/m0/s1. The summed E-state index contributed by atoms with van der Waals surface area (Å²) in [7, 11) is 0. The summed E-state index contributed by atoms with van der Waals surface area (Å²) in [6, 6.07) is 16.4. The summed E-state index contributed by atoms with van der Waals surface area (Å²) >= 11 is 0. The van der Waals surface area contributed by atoms with E-state index in [9.17, 15) is 0 Å². The van der Waals surface area contributed by atoms with E-state index in [4.69, 9.17) is 14.2 Å². The summed E-state index contributed by atoms with van der Waals surface area (Å²) in [5.41, 5.74) is 2.28. The van der Waals surface area contributed by atoms with Crippen molar-refractivity contribution in [3.63, 3.8) is 0 Å². The van der Waals surface area contributed by atoms with Gasteiger partial charge in [0.1, 0.15) is 18.1 Å². The molecule has 4 heteroatoms. The van der Waals surface area contributed by atoms with Crippen LogP contribution in [0.4, 0.5) is 5.69 Å². The Labute approximate surface area is 156 Å². The molecule has 0 saturated carbocycles. The Kier molecular flexibility index (Phi) is 7.20. The number of nitrogens with one attached hydrogen (secondary N) is 1. The second kappa shape index (κ2) is 10.1. The highest BCUT2D eigenvalue weighted by molar-refractivity contribution is 5.48. The number of ether oxygens (including phenoxy) is 3. The Morgan fingerprint density at radius 1 is 1.08 bits per heavy atom. The molecule has 1 atom stereocenters. The molecule has 1 saturated heterocycles. The maximum atomic E-state index is 5.81. The van der Waals surface area contributed by atoms with E-state index >= 15 is 0 Å². The number of hydrogen-bond donors (Lipinski definition) is 1. The molecule has 1 N–H and O–H groups in total. The Bertz CT molecular complexity index is 651. The van der Waals surface area contributed by atoms with Gasteiger partial charge in [0.2, 0.25) is 0 Å². The fraction of sp³-hybridized carbons (Fsp3) is 0.455. The van der Waals surface area contributed by atoms with Crippen LogP contribution in [0.25, 0.3) is 0 Å². The van der Waals surface area contributed by atoms with Crippen molar-refractivity contribution in [1.82, 2.24) is 0 Å². The first-order valence-corrected chi connectivity index (χ1v) is 9.63. The average molecular weight is 355 g/mol. The van der Waals surface area contributed by atoms with Gasteiger partial charge in [-0.15, -0.1) is 0 Å². The van der Waals surface area contributed by atoms with Crippen LogP contribution < -0.4 is 14.8 Å². The Morgan fingerprint density at radius 3 is 2.73 bits per heavy atom. The first-order valence-electron chi connectivity index (χ1n) is 9.63. The third kappa shape index (κ3) is 5.95. The van der Waals surface area contributed by atoms with Gasteiger partial charge in [0.15, 0.2) is 0 Å².